The molecule has 2 unspecified atom stereocenters. The van der Waals surface area contributed by atoms with Crippen LogP contribution in [-0.4, -0.2) is 14.8 Å². The number of nitrogens with zero attached hydrogens (tertiary/aromatic N) is 3. The highest BCUT2D eigenvalue weighted by atomic mass is 35.5. The molecule has 0 saturated heterocycles. The Morgan fingerprint density at radius 1 is 1.04 bits per heavy atom. The second-order valence-electron chi connectivity index (χ2n) is 5.77. The molecule has 2 aromatic carbocycles. The minimum absolute atomic E-state index is 0.0427. The second kappa shape index (κ2) is 6.00. The number of nitrogen functional groups attached to an aromatic ring is 1. The number of fused-ring (bicyclic) bond motifs is 1. The van der Waals surface area contributed by atoms with Gasteiger partial charge in [-0.2, -0.15) is 4.98 Å². The van der Waals surface area contributed by atoms with Crippen molar-refractivity contribution in [1.82, 2.24) is 14.8 Å². The fraction of sp³-hybridized carbons (Fsp3) is 0.176. The first-order chi connectivity index (χ1) is 11.6. The van der Waals surface area contributed by atoms with Crippen molar-refractivity contribution in [2.24, 2.45) is 0 Å². The third-order valence-corrected chi connectivity index (χ3v) is 4.97. The summed E-state index contributed by atoms with van der Waals surface area (Å²) < 4.78 is 1.85. The van der Waals surface area contributed by atoms with Gasteiger partial charge in [0.1, 0.15) is 0 Å². The SMILES string of the molecule is Nc1nc2n(n1)C(c1ccccc1)CC(c1ccc(Cl)c(Cl)c1)N2. The van der Waals surface area contributed by atoms with E-state index < -0.39 is 0 Å². The van der Waals surface area contributed by atoms with E-state index in [1.165, 1.54) is 0 Å². The van der Waals surface area contributed by atoms with Crippen molar-refractivity contribution >= 4 is 35.1 Å². The second-order valence-corrected chi connectivity index (χ2v) is 6.59. The van der Waals surface area contributed by atoms with E-state index in [4.69, 9.17) is 28.9 Å². The van der Waals surface area contributed by atoms with Crippen LogP contribution >= 0.6 is 23.2 Å². The van der Waals surface area contributed by atoms with Crippen molar-refractivity contribution in [1.29, 1.82) is 0 Å². The summed E-state index contributed by atoms with van der Waals surface area (Å²) in [6.07, 6.45) is 0.803. The normalized spacial score (nSPS) is 19.6. The lowest BCUT2D eigenvalue weighted by atomic mass is 9.93. The van der Waals surface area contributed by atoms with E-state index in [0.29, 0.717) is 16.0 Å². The number of benzene rings is 2. The summed E-state index contributed by atoms with van der Waals surface area (Å²) in [7, 11) is 0. The van der Waals surface area contributed by atoms with Crippen molar-refractivity contribution in [3.05, 3.63) is 69.7 Å². The van der Waals surface area contributed by atoms with E-state index in [-0.39, 0.29) is 18.0 Å². The maximum Gasteiger partial charge on any atom is 0.241 e. The van der Waals surface area contributed by atoms with Gasteiger partial charge in [0.15, 0.2) is 0 Å². The van der Waals surface area contributed by atoms with Crippen LogP contribution in [0.5, 0.6) is 0 Å². The third kappa shape index (κ3) is 2.70. The molecule has 4 rings (SSSR count). The first kappa shape index (κ1) is 15.3. The van der Waals surface area contributed by atoms with Gasteiger partial charge in [-0.1, -0.05) is 59.6 Å². The fourth-order valence-corrected chi connectivity index (χ4v) is 3.40. The highest BCUT2D eigenvalue weighted by Gasteiger charge is 2.30. The van der Waals surface area contributed by atoms with Crippen molar-refractivity contribution in [2.45, 2.75) is 18.5 Å². The Hall–Kier alpha value is -2.24. The molecule has 0 bridgehead atoms. The lowest BCUT2D eigenvalue weighted by molar-refractivity contribution is 0.431. The average molecular weight is 360 g/mol. The molecular weight excluding hydrogens is 345 g/mol. The molecule has 0 aliphatic carbocycles. The van der Waals surface area contributed by atoms with Crippen LogP contribution in [0.1, 0.15) is 29.6 Å². The fourth-order valence-electron chi connectivity index (χ4n) is 3.09. The van der Waals surface area contributed by atoms with E-state index in [2.05, 4.69) is 27.5 Å². The van der Waals surface area contributed by atoms with Crippen LogP contribution in [0.4, 0.5) is 11.9 Å². The Labute approximate surface area is 149 Å². The van der Waals surface area contributed by atoms with Gasteiger partial charge in [-0.15, -0.1) is 5.10 Å². The zero-order chi connectivity index (χ0) is 16.7. The van der Waals surface area contributed by atoms with Crippen LogP contribution in [-0.2, 0) is 0 Å². The van der Waals surface area contributed by atoms with Crippen LogP contribution in [0.15, 0.2) is 48.5 Å². The molecule has 122 valence electrons. The van der Waals surface area contributed by atoms with Gasteiger partial charge < -0.3 is 11.1 Å². The highest BCUT2D eigenvalue weighted by molar-refractivity contribution is 6.42. The molecule has 0 amide bonds. The zero-order valence-electron chi connectivity index (χ0n) is 12.7. The Bertz CT molecular complexity index is 878. The van der Waals surface area contributed by atoms with Crippen LogP contribution < -0.4 is 11.1 Å². The molecule has 5 nitrogen and oxygen atoms in total. The molecule has 24 heavy (non-hydrogen) atoms. The largest absolute Gasteiger partial charge is 0.366 e. The van der Waals surface area contributed by atoms with Crippen LogP contribution in [0.3, 0.4) is 0 Å². The standard InChI is InChI=1S/C17H15Cl2N5/c18-12-7-6-11(8-13(12)19)14-9-15(10-4-2-1-3-5-10)24-17(21-14)22-16(20)23-24/h1-8,14-15H,9H2,(H3,20,21,22,23). The van der Waals surface area contributed by atoms with Gasteiger partial charge in [-0.3, -0.25) is 0 Å². The summed E-state index contributed by atoms with van der Waals surface area (Å²) in [5.74, 6) is 0.914. The van der Waals surface area contributed by atoms with Gasteiger partial charge in [0, 0.05) is 0 Å². The molecule has 0 spiro atoms. The Kier molecular flexibility index (Phi) is 3.82. The summed E-state index contributed by atoms with van der Waals surface area (Å²) in [5.41, 5.74) is 8.02. The molecule has 3 aromatic rings. The van der Waals surface area contributed by atoms with E-state index in [1.807, 2.05) is 41.1 Å². The molecule has 3 N–H and O–H groups in total. The molecule has 1 aliphatic rings. The lowest BCUT2D eigenvalue weighted by Crippen LogP contribution is -2.28. The first-order valence-electron chi connectivity index (χ1n) is 7.60. The first-order valence-corrected chi connectivity index (χ1v) is 8.36. The van der Waals surface area contributed by atoms with Crippen LogP contribution in [0.2, 0.25) is 10.0 Å². The number of nitrogens with two attached hydrogens (primary N) is 1. The number of rotatable bonds is 2. The number of aromatic nitrogens is 3. The lowest BCUT2D eigenvalue weighted by Gasteiger charge is -2.31. The Morgan fingerprint density at radius 3 is 2.58 bits per heavy atom. The number of anilines is 2. The molecule has 1 aliphatic heterocycles. The Morgan fingerprint density at radius 2 is 1.83 bits per heavy atom. The van der Waals surface area contributed by atoms with Gasteiger partial charge in [-0.25, -0.2) is 4.68 Å². The maximum atomic E-state index is 6.18. The smallest absolute Gasteiger partial charge is 0.241 e. The topological polar surface area (TPSA) is 68.8 Å². The molecular formula is C17H15Cl2N5. The van der Waals surface area contributed by atoms with Gasteiger partial charge in [-0.05, 0) is 29.7 Å². The zero-order valence-corrected chi connectivity index (χ0v) is 14.2. The number of hydrogen-bond acceptors (Lipinski definition) is 4. The summed E-state index contributed by atoms with van der Waals surface area (Å²) in [5, 5.41) is 8.82. The highest BCUT2D eigenvalue weighted by Crippen LogP contribution is 2.39. The monoisotopic (exact) mass is 359 g/mol. The van der Waals surface area contributed by atoms with Crippen LogP contribution in [0.25, 0.3) is 0 Å². The van der Waals surface area contributed by atoms with E-state index >= 15 is 0 Å². The van der Waals surface area contributed by atoms with Crippen molar-refractivity contribution < 1.29 is 0 Å². The predicted octanol–water partition coefficient (Wildman–Crippen LogP) is 4.31. The van der Waals surface area contributed by atoms with Crippen molar-refractivity contribution in [3.8, 4) is 0 Å². The Balaban J connectivity index is 1.76. The minimum Gasteiger partial charge on any atom is -0.366 e. The average Bonchev–Trinajstić information content (AvgIpc) is 2.97. The van der Waals surface area contributed by atoms with Gasteiger partial charge in [0.25, 0.3) is 0 Å². The molecule has 7 heteroatoms. The van der Waals surface area contributed by atoms with Crippen molar-refractivity contribution in [2.75, 3.05) is 11.1 Å². The molecule has 0 radical (unpaired) electrons. The van der Waals surface area contributed by atoms with E-state index in [9.17, 15) is 0 Å². The summed E-state index contributed by atoms with van der Waals surface area (Å²) in [6, 6.07) is 16.0. The minimum atomic E-state index is 0.0427. The summed E-state index contributed by atoms with van der Waals surface area (Å²) >= 11 is 12.2. The number of hydrogen-bond donors (Lipinski definition) is 2. The molecule has 2 heterocycles. The summed E-state index contributed by atoms with van der Waals surface area (Å²) in [6.45, 7) is 0. The quantitative estimate of drug-likeness (QED) is 0.714. The maximum absolute atomic E-state index is 6.18. The molecule has 2 atom stereocenters. The third-order valence-electron chi connectivity index (χ3n) is 4.24. The van der Waals surface area contributed by atoms with E-state index in [0.717, 1.165) is 17.5 Å². The molecule has 0 saturated carbocycles. The summed E-state index contributed by atoms with van der Waals surface area (Å²) in [4.78, 5) is 4.30. The number of halogens is 2. The van der Waals surface area contributed by atoms with E-state index in [1.54, 1.807) is 0 Å². The number of nitrogens with one attached hydrogen (secondary N) is 1. The van der Waals surface area contributed by atoms with Crippen LogP contribution in [0, 0.1) is 0 Å². The predicted molar refractivity (Wildman–Crippen MR) is 96.5 cm³/mol. The van der Waals surface area contributed by atoms with Gasteiger partial charge in [0.05, 0.1) is 22.1 Å². The molecule has 1 aromatic heterocycles. The van der Waals surface area contributed by atoms with Gasteiger partial charge >= 0.3 is 0 Å². The molecule has 0 fully saturated rings. The van der Waals surface area contributed by atoms with Crippen molar-refractivity contribution in [3.63, 3.8) is 0 Å². The van der Waals surface area contributed by atoms with Gasteiger partial charge in [0.2, 0.25) is 11.9 Å².